The molecule has 5 nitrogen and oxygen atoms in total. The number of rotatable bonds is 4. The Hall–Kier alpha value is -3.29. The van der Waals surface area contributed by atoms with Crippen molar-refractivity contribution in [3.05, 3.63) is 65.9 Å². The van der Waals surface area contributed by atoms with Crippen LogP contribution in [0.4, 0.5) is 18.9 Å². The molecule has 0 aliphatic rings. The van der Waals surface area contributed by atoms with Gasteiger partial charge in [-0.3, -0.25) is 4.79 Å². The van der Waals surface area contributed by atoms with Crippen molar-refractivity contribution >= 4 is 28.5 Å². The molecule has 1 amide bonds. The van der Waals surface area contributed by atoms with E-state index in [1.54, 1.807) is 30.3 Å². The number of ether oxygens (including phenoxy) is 1. The highest BCUT2D eigenvalue weighted by Crippen LogP contribution is 2.34. The van der Waals surface area contributed by atoms with E-state index >= 15 is 0 Å². The summed E-state index contributed by atoms with van der Waals surface area (Å²) in [5.41, 5.74) is -0.500. The lowest BCUT2D eigenvalue weighted by Crippen LogP contribution is -2.22. The first kappa shape index (κ1) is 17.5. The van der Waals surface area contributed by atoms with E-state index in [9.17, 15) is 22.8 Å². The molecule has 2 N–H and O–H groups in total. The minimum atomic E-state index is -4.61. The number of aromatic nitrogens is 1. The Bertz CT molecular complexity index is 930. The van der Waals surface area contributed by atoms with E-state index in [0.717, 1.165) is 23.0 Å². The van der Waals surface area contributed by atoms with Gasteiger partial charge in [-0.15, -0.1) is 0 Å². The second-order valence-electron chi connectivity index (χ2n) is 5.44. The molecular formula is C18H13F3N2O3. The predicted octanol–water partition coefficient (Wildman–Crippen LogP) is 3.98. The number of fused-ring (bicyclic) bond motifs is 1. The van der Waals surface area contributed by atoms with Crippen LogP contribution < -0.4 is 5.32 Å². The van der Waals surface area contributed by atoms with Crippen LogP contribution in [0.3, 0.4) is 0 Å². The highest BCUT2D eigenvalue weighted by atomic mass is 19.4. The molecule has 0 saturated carbocycles. The zero-order valence-corrected chi connectivity index (χ0v) is 13.3. The summed E-state index contributed by atoms with van der Waals surface area (Å²) in [6, 6.07) is 13.3. The van der Waals surface area contributed by atoms with Crippen molar-refractivity contribution in [2.75, 3.05) is 11.9 Å². The van der Waals surface area contributed by atoms with Crippen LogP contribution >= 0.6 is 0 Å². The normalized spacial score (nSPS) is 11.3. The number of benzene rings is 2. The summed E-state index contributed by atoms with van der Waals surface area (Å²) in [7, 11) is 0. The molecule has 3 rings (SSSR count). The van der Waals surface area contributed by atoms with Crippen LogP contribution in [0, 0.1) is 0 Å². The molecule has 0 aliphatic heterocycles. The topological polar surface area (TPSA) is 71.2 Å². The largest absolute Gasteiger partial charge is 0.451 e. The maximum Gasteiger partial charge on any atom is 0.418 e. The van der Waals surface area contributed by atoms with Gasteiger partial charge in [-0.05, 0) is 24.3 Å². The molecule has 0 radical (unpaired) electrons. The fourth-order valence-corrected chi connectivity index (χ4v) is 2.42. The number of carbonyl (C=O) groups is 2. The summed E-state index contributed by atoms with van der Waals surface area (Å²) in [6.45, 7) is -0.708. The number of hydrogen-bond acceptors (Lipinski definition) is 3. The molecule has 2 aromatic carbocycles. The van der Waals surface area contributed by atoms with Gasteiger partial charge in [-0.2, -0.15) is 13.2 Å². The Morgan fingerprint density at radius 3 is 2.46 bits per heavy atom. The first-order valence-corrected chi connectivity index (χ1v) is 7.55. The summed E-state index contributed by atoms with van der Waals surface area (Å²) in [5, 5.41) is 2.90. The molecule has 0 bridgehead atoms. The lowest BCUT2D eigenvalue weighted by molar-refractivity contribution is -0.137. The minimum Gasteiger partial charge on any atom is -0.451 e. The predicted molar refractivity (Wildman–Crippen MR) is 88.7 cm³/mol. The molecule has 1 heterocycles. The number of amides is 1. The molecule has 0 spiro atoms. The van der Waals surface area contributed by atoms with E-state index in [1.807, 2.05) is 0 Å². The molecule has 8 heteroatoms. The third-order valence-corrected chi connectivity index (χ3v) is 3.59. The molecular weight excluding hydrogens is 349 g/mol. The lowest BCUT2D eigenvalue weighted by Gasteiger charge is -2.13. The maximum absolute atomic E-state index is 12.9. The zero-order valence-electron chi connectivity index (χ0n) is 13.3. The third-order valence-electron chi connectivity index (χ3n) is 3.59. The fraction of sp³-hybridized carbons (Fsp3) is 0.111. The minimum absolute atomic E-state index is 0.148. The summed E-state index contributed by atoms with van der Waals surface area (Å²) < 4.78 is 43.5. The molecule has 0 aliphatic carbocycles. The van der Waals surface area contributed by atoms with Gasteiger partial charge in [0.25, 0.3) is 5.91 Å². The number of nitrogens with one attached hydrogen (secondary N) is 2. The Balaban J connectivity index is 1.63. The maximum atomic E-state index is 12.9. The van der Waals surface area contributed by atoms with Crippen LogP contribution in [0.5, 0.6) is 0 Å². The lowest BCUT2D eigenvalue weighted by atomic mass is 10.1. The van der Waals surface area contributed by atoms with Crippen molar-refractivity contribution in [1.29, 1.82) is 0 Å². The Kier molecular flexibility index (Phi) is 4.66. The van der Waals surface area contributed by atoms with Gasteiger partial charge >= 0.3 is 12.1 Å². The number of halogens is 3. The van der Waals surface area contributed by atoms with Crippen molar-refractivity contribution < 1.29 is 27.5 Å². The van der Waals surface area contributed by atoms with Gasteiger partial charge in [-0.1, -0.05) is 30.3 Å². The van der Waals surface area contributed by atoms with E-state index in [0.29, 0.717) is 0 Å². The summed E-state index contributed by atoms with van der Waals surface area (Å²) in [6.07, 6.45) is -4.61. The van der Waals surface area contributed by atoms with E-state index in [4.69, 9.17) is 4.74 Å². The number of alkyl halides is 3. The van der Waals surface area contributed by atoms with Gasteiger partial charge in [0.15, 0.2) is 6.61 Å². The van der Waals surface area contributed by atoms with E-state index < -0.39 is 35.9 Å². The van der Waals surface area contributed by atoms with E-state index in [2.05, 4.69) is 10.3 Å². The molecule has 26 heavy (non-hydrogen) atoms. The number of aromatic amines is 1. The van der Waals surface area contributed by atoms with Crippen molar-refractivity contribution in [3.8, 4) is 0 Å². The smallest absolute Gasteiger partial charge is 0.418 e. The van der Waals surface area contributed by atoms with Crippen LogP contribution in [0.25, 0.3) is 10.9 Å². The van der Waals surface area contributed by atoms with Gasteiger partial charge in [-0.25, -0.2) is 4.79 Å². The average Bonchev–Trinajstić information content (AvgIpc) is 3.03. The van der Waals surface area contributed by atoms with Crippen molar-refractivity contribution in [1.82, 2.24) is 4.98 Å². The average molecular weight is 362 g/mol. The third kappa shape index (κ3) is 3.85. The second-order valence-corrected chi connectivity index (χ2v) is 5.44. The molecule has 0 fully saturated rings. The molecule has 3 aromatic rings. The Morgan fingerprint density at radius 2 is 1.73 bits per heavy atom. The van der Waals surface area contributed by atoms with E-state index in [1.165, 1.54) is 12.1 Å². The number of carbonyl (C=O) groups excluding carboxylic acids is 2. The van der Waals surface area contributed by atoms with Crippen LogP contribution in [-0.2, 0) is 15.7 Å². The molecule has 134 valence electrons. The SMILES string of the molecule is O=C(COC(=O)c1cc2ccccc2[nH]1)Nc1ccccc1C(F)(F)F. The van der Waals surface area contributed by atoms with Crippen molar-refractivity contribution in [2.45, 2.75) is 6.18 Å². The quantitative estimate of drug-likeness (QED) is 0.690. The van der Waals surface area contributed by atoms with Crippen LogP contribution in [0.2, 0.25) is 0 Å². The standard InChI is InChI=1S/C18H13F3N2O3/c19-18(20,21)12-6-2-4-8-14(12)23-16(24)10-26-17(25)15-9-11-5-1-3-7-13(11)22-15/h1-9,22H,10H2,(H,23,24). The number of para-hydroxylation sites is 2. The van der Waals surface area contributed by atoms with Gasteiger partial charge < -0.3 is 15.0 Å². The molecule has 1 aromatic heterocycles. The molecule has 0 saturated heterocycles. The van der Waals surface area contributed by atoms with Crippen molar-refractivity contribution in [2.24, 2.45) is 0 Å². The number of hydrogen-bond donors (Lipinski definition) is 2. The number of H-pyrrole nitrogens is 1. The highest BCUT2D eigenvalue weighted by molar-refractivity contribution is 5.97. The number of esters is 1. The first-order valence-electron chi connectivity index (χ1n) is 7.55. The zero-order chi connectivity index (χ0) is 18.7. The van der Waals surface area contributed by atoms with Gasteiger partial charge in [0.1, 0.15) is 5.69 Å². The molecule has 0 atom stereocenters. The van der Waals surface area contributed by atoms with Crippen LogP contribution in [0.15, 0.2) is 54.6 Å². The van der Waals surface area contributed by atoms with Crippen LogP contribution in [0.1, 0.15) is 16.1 Å². The Labute approximate surface area is 145 Å². The second kappa shape index (κ2) is 6.91. The highest BCUT2D eigenvalue weighted by Gasteiger charge is 2.33. The summed E-state index contributed by atoms with van der Waals surface area (Å²) in [5.74, 6) is -1.65. The number of anilines is 1. The Morgan fingerprint density at radius 1 is 1.04 bits per heavy atom. The first-order chi connectivity index (χ1) is 12.3. The summed E-state index contributed by atoms with van der Waals surface area (Å²) >= 11 is 0. The van der Waals surface area contributed by atoms with Gasteiger partial charge in [0.2, 0.25) is 0 Å². The van der Waals surface area contributed by atoms with E-state index in [-0.39, 0.29) is 5.69 Å². The fourth-order valence-electron chi connectivity index (χ4n) is 2.42. The monoisotopic (exact) mass is 362 g/mol. The van der Waals surface area contributed by atoms with Crippen molar-refractivity contribution in [3.63, 3.8) is 0 Å². The summed E-state index contributed by atoms with van der Waals surface area (Å²) in [4.78, 5) is 26.7. The van der Waals surface area contributed by atoms with Gasteiger partial charge in [0.05, 0.1) is 11.3 Å². The van der Waals surface area contributed by atoms with Gasteiger partial charge in [0, 0.05) is 10.9 Å². The van der Waals surface area contributed by atoms with Crippen LogP contribution in [-0.4, -0.2) is 23.5 Å². The molecule has 0 unspecified atom stereocenters.